The number of rotatable bonds is 5. The van der Waals surface area contributed by atoms with Gasteiger partial charge in [0.1, 0.15) is 11.5 Å². The van der Waals surface area contributed by atoms with E-state index in [1.165, 1.54) is 0 Å². The lowest BCUT2D eigenvalue weighted by Gasteiger charge is -2.11. The number of hydrogen-bond acceptors (Lipinski definition) is 5. The van der Waals surface area contributed by atoms with Crippen LogP contribution < -0.4 is 9.47 Å². The summed E-state index contributed by atoms with van der Waals surface area (Å²) in [6, 6.07) is 5.50. The van der Waals surface area contributed by atoms with Crippen molar-refractivity contribution < 1.29 is 13.7 Å². The fourth-order valence-corrected chi connectivity index (χ4v) is 3.71. The summed E-state index contributed by atoms with van der Waals surface area (Å²) >= 11 is 0. The third-order valence-corrected chi connectivity index (χ3v) is 5.06. The summed E-state index contributed by atoms with van der Waals surface area (Å²) < 4.78 is 23.3. The quantitative estimate of drug-likeness (QED) is 0.690. The molecule has 2 heterocycles. The summed E-state index contributed by atoms with van der Waals surface area (Å²) in [5, 5.41) is 0.430. The number of hydrogen-bond donors (Lipinski definition) is 1. The molecular weight excluding hydrogens is 362 g/mol. The maximum atomic E-state index is 12.7. The first-order valence-corrected chi connectivity index (χ1v) is 9.76. The number of benzene rings is 1. The second kappa shape index (κ2) is 10.1. The molecule has 27 heavy (non-hydrogen) atoms. The van der Waals surface area contributed by atoms with Crippen LogP contribution in [0.3, 0.4) is 0 Å². The van der Waals surface area contributed by atoms with E-state index in [0.29, 0.717) is 5.16 Å². The molecule has 3 aromatic rings. The molecule has 2 aromatic heterocycles. The third kappa shape index (κ3) is 4.86. The van der Waals surface area contributed by atoms with Crippen LogP contribution in [0.15, 0.2) is 29.6 Å². The van der Waals surface area contributed by atoms with Gasteiger partial charge in [0.2, 0.25) is 0 Å². The molecule has 1 unspecified atom stereocenters. The lowest BCUT2D eigenvalue weighted by Crippen LogP contribution is -2.05. The van der Waals surface area contributed by atoms with Gasteiger partial charge in [0, 0.05) is 23.4 Å². The molecule has 0 radical (unpaired) electrons. The van der Waals surface area contributed by atoms with E-state index in [-0.39, 0.29) is 13.2 Å². The Kier molecular flexibility index (Phi) is 8.43. The number of aromatic nitrogens is 3. The van der Waals surface area contributed by atoms with Crippen LogP contribution >= 0.6 is 0 Å². The molecule has 6 nitrogen and oxygen atoms in total. The lowest BCUT2D eigenvalue weighted by atomic mass is 10.1. The second-order valence-electron chi connectivity index (χ2n) is 5.46. The average molecular weight is 392 g/mol. The number of aromatic amines is 1. The SMILES string of the molecule is C.CC.COc1ccc2nc(S(=O)Cc3ncc(C)c(OC)c3C)[nH]c2c1. The summed E-state index contributed by atoms with van der Waals surface area (Å²) in [6.07, 6.45) is 1.74. The zero-order chi connectivity index (χ0) is 19.3. The summed E-state index contributed by atoms with van der Waals surface area (Å²) in [5.41, 5.74) is 4.16. The fourth-order valence-electron chi connectivity index (χ4n) is 2.61. The molecule has 0 amide bonds. The molecule has 0 saturated carbocycles. The number of ether oxygens (including phenoxy) is 2. The molecule has 3 rings (SSSR count). The van der Waals surface area contributed by atoms with Crippen LogP contribution in [0.25, 0.3) is 11.0 Å². The number of aryl methyl sites for hydroxylation is 1. The molecule has 0 aliphatic carbocycles. The molecule has 1 atom stereocenters. The van der Waals surface area contributed by atoms with E-state index in [1.807, 2.05) is 45.9 Å². The normalized spacial score (nSPS) is 11.2. The number of imidazole rings is 1. The topological polar surface area (TPSA) is 77.1 Å². The minimum atomic E-state index is -1.33. The standard InChI is InChI=1S/C17H19N3O3S.C2H6.CH4/c1-10-8-18-15(11(2)16(10)23-4)9-24(21)17-19-13-6-5-12(22-3)7-14(13)20-17;1-2;/h5-8H,9H2,1-4H3,(H,19,20);1-2H3;1H4. The monoisotopic (exact) mass is 391 g/mol. The molecule has 0 saturated heterocycles. The van der Waals surface area contributed by atoms with Crippen molar-refractivity contribution in [3.05, 3.63) is 41.2 Å². The molecule has 0 bridgehead atoms. The van der Waals surface area contributed by atoms with Gasteiger partial charge in [0.05, 0.1) is 47.5 Å². The minimum absolute atomic E-state index is 0. The number of pyridine rings is 1. The highest BCUT2D eigenvalue weighted by Gasteiger charge is 2.16. The summed E-state index contributed by atoms with van der Waals surface area (Å²) in [5.74, 6) is 1.79. The molecular formula is C20H29N3O3S. The van der Waals surface area contributed by atoms with Gasteiger partial charge in [-0.2, -0.15) is 0 Å². The second-order valence-corrected chi connectivity index (χ2v) is 6.83. The van der Waals surface area contributed by atoms with E-state index in [9.17, 15) is 4.21 Å². The van der Waals surface area contributed by atoms with Gasteiger partial charge in [-0.3, -0.25) is 9.19 Å². The van der Waals surface area contributed by atoms with Crippen molar-refractivity contribution in [2.24, 2.45) is 0 Å². The molecule has 0 aliphatic rings. The van der Waals surface area contributed by atoms with Crippen molar-refractivity contribution in [2.75, 3.05) is 14.2 Å². The molecule has 148 valence electrons. The van der Waals surface area contributed by atoms with Gasteiger partial charge in [-0.15, -0.1) is 0 Å². The van der Waals surface area contributed by atoms with Gasteiger partial charge in [0.15, 0.2) is 5.16 Å². The Hall–Kier alpha value is -2.41. The predicted molar refractivity (Wildman–Crippen MR) is 111 cm³/mol. The Bertz CT molecular complexity index is 922. The summed E-state index contributed by atoms with van der Waals surface area (Å²) in [7, 11) is 1.91. The van der Waals surface area contributed by atoms with Crippen LogP contribution in [-0.2, 0) is 16.6 Å². The first-order valence-electron chi connectivity index (χ1n) is 8.44. The number of nitrogens with one attached hydrogen (secondary N) is 1. The van der Waals surface area contributed by atoms with Crippen LogP contribution in [0.5, 0.6) is 11.5 Å². The fraction of sp³-hybridized carbons (Fsp3) is 0.400. The molecule has 7 heteroatoms. The highest BCUT2D eigenvalue weighted by Crippen LogP contribution is 2.26. The Morgan fingerprint density at radius 1 is 1.15 bits per heavy atom. The number of fused-ring (bicyclic) bond motifs is 1. The summed E-state index contributed by atoms with van der Waals surface area (Å²) in [6.45, 7) is 7.86. The van der Waals surface area contributed by atoms with Gasteiger partial charge in [0.25, 0.3) is 0 Å². The smallest absolute Gasteiger partial charge is 0.197 e. The van der Waals surface area contributed by atoms with Crippen LogP contribution in [0.2, 0.25) is 0 Å². The molecule has 1 aromatic carbocycles. The van der Waals surface area contributed by atoms with Gasteiger partial charge in [-0.25, -0.2) is 4.98 Å². The van der Waals surface area contributed by atoms with Crippen molar-refractivity contribution >= 4 is 21.8 Å². The van der Waals surface area contributed by atoms with Gasteiger partial charge in [-0.05, 0) is 26.0 Å². The van der Waals surface area contributed by atoms with Crippen LogP contribution in [0.4, 0.5) is 0 Å². The summed E-state index contributed by atoms with van der Waals surface area (Å²) in [4.78, 5) is 11.9. The molecule has 0 spiro atoms. The van der Waals surface area contributed by atoms with Gasteiger partial charge < -0.3 is 14.5 Å². The van der Waals surface area contributed by atoms with Crippen molar-refractivity contribution in [1.82, 2.24) is 15.0 Å². The number of nitrogens with zero attached hydrogens (tertiary/aromatic N) is 2. The van der Waals surface area contributed by atoms with Crippen molar-refractivity contribution in [2.45, 2.75) is 46.0 Å². The predicted octanol–water partition coefficient (Wildman–Crippen LogP) is 4.56. The van der Waals surface area contributed by atoms with E-state index in [4.69, 9.17) is 9.47 Å². The Labute approximate surface area is 163 Å². The largest absolute Gasteiger partial charge is 0.497 e. The minimum Gasteiger partial charge on any atom is -0.497 e. The third-order valence-electron chi connectivity index (χ3n) is 3.90. The first-order chi connectivity index (χ1) is 12.5. The van der Waals surface area contributed by atoms with Crippen molar-refractivity contribution in [1.29, 1.82) is 0 Å². The van der Waals surface area contributed by atoms with E-state index in [0.717, 1.165) is 39.4 Å². The van der Waals surface area contributed by atoms with Crippen LogP contribution in [0, 0.1) is 13.8 Å². The van der Waals surface area contributed by atoms with Crippen LogP contribution in [-0.4, -0.2) is 33.4 Å². The Morgan fingerprint density at radius 2 is 1.85 bits per heavy atom. The lowest BCUT2D eigenvalue weighted by molar-refractivity contribution is 0.407. The average Bonchev–Trinajstić information content (AvgIpc) is 3.09. The van der Waals surface area contributed by atoms with Crippen molar-refractivity contribution in [3.8, 4) is 11.5 Å². The number of methoxy groups -OCH3 is 2. The number of H-pyrrole nitrogens is 1. The molecule has 0 aliphatic heterocycles. The van der Waals surface area contributed by atoms with Crippen molar-refractivity contribution in [3.63, 3.8) is 0 Å². The zero-order valence-corrected chi connectivity index (χ0v) is 16.9. The van der Waals surface area contributed by atoms with E-state index in [2.05, 4.69) is 15.0 Å². The Balaban J connectivity index is 0.00000118. The van der Waals surface area contributed by atoms with Crippen LogP contribution in [0.1, 0.15) is 38.1 Å². The Morgan fingerprint density at radius 3 is 2.48 bits per heavy atom. The highest BCUT2D eigenvalue weighted by molar-refractivity contribution is 7.84. The maximum Gasteiger partial charge on any atom is 0.197 e. The molecule has 0 fully saturated rings. The van der Waals surface area contributed by atoms with E-state index in [1.54, 1.807) is 20.4 Å². The van der Waals surface area contributed by atoms with Gasteiger partial charge >= 0.3 is 0 Å². The zero-order valence-electron chi connectivity index (χ0n) is 16.0. The molecule has 1 N–H and O–H groups in total. The highest BCUT2D eigenvalue weighted by atomic mass is 32.2. The van der Waals surface area contributed by atoms with Gasteiger partial charge in [-0.1, -0.05) is 21.3 Å². The maximum absolute atomic E-state index is 12.7. The van der Waals surface area contributed by atoms with E-state index >= 15 is 0 Å². The first kappa shape index (κ1) is 22.6. The van der Waals surface area contributed by atoms with E-state index < -0.39 is 10.8 Å².